The van der Waals surface area contributed by atoms with E-state index in [9.17, 15) is 4.79 Å². The average Bonchev–Trinajstić information content (AvgIpc) is 3.21. The maximum Gasteiger partial charge on any atom is 0.245 e. The van der Waals surface area contributed by atoms with Gasteiger partial charge in [0, 0.05) is 12.6 Å². The molecule has 1 atom stereocenters. The lowest BCUT2D eigenvalue weighted by atomic mass is 10.1. The highest BCUT2D eigenvalue weighted by molar-refractivity contribution is 7.07. The monoisotopic (exact) mass is 305 g/mol. The van der Waals surface area contributed by atoms with Crippen LogP contribution in [0.3, 0.4) is 0 Å². The molecule has 1 aliphatic rings. The summed E-state index contributed by atoms with van der Waals surface area (Å²) in [6.07, 6.45) is 2.18. The van der Waals surface area contributed by atoms with Gasteiger partial charge in [0.05, 0.1) is 0 Å². The van der Waals surface area contributed by atoms with Crippen molar-refractivity contribution in [1.29, 1.82) is 0 Å². The molecule has 1 amide bonds. The molecule has 104 valence electrons. The minimum Gasteiger partial charge on any atom is -0.334 e. The lowest BCUT2D eigenvalue weighted by Gasteiger charge is -2.24. The summed E-state index contributed by atoms with van der Waals surface area (Å²) in [5.74, 6) is 0.0200. The number of amides is 1. The number of hydrogen-bond donors (Lipinski definition) is 0. The normalized spacial score (nSPS) is 15.8. The van der Waals surface area contributed by atoms with E-state index in [1.807, 2.05) is 40.6 Å². The number of rotatable bonds is 5. The molecule has 2 aromatic rings. The summed E-state index contributed by atoms with van der Waals surface area (Å²) >= 11 is 8.03. The predicted molar refractivity (Wildman–Crippen MR) is 82.9 cm³/mol. The third-order valence-electron chi connectivity index (χ3n) is 3.51. The van der Waals surface area contributed by atoms with Crippen molar-refractivity contribution < 1.29 is 4.79 Å². The molecule has 1 aromatic carbocycles. The van der Waals surface area contributed by atoms with Crippen molar-refractivity contribution in [3.8, 4) is 0 Å². The molecule has 4 heteroatoms. The molecule has 1 fully saturated rings. The van der Waals surface area contributed by atoms with Crippen LogP contribution >= 0.6 is 22.9 Å². The molecule has 1 aromatic heterocycles. The summed E-state index contributed by atoms with van der Waals surface area (Å²) in [6.45, 7) is 0.670. The third kappa shape index (κ3) is 3.05. The Bertz CT molecular complexity index is 565. The molecule has 0 N–H and O–H groups in total. The Kier molecular flexibility index (Phi) is 4.08. The van der Waals surface area contributed by atoms with E-state index >= 15 is 0 Å². The molecule has 0 spiro atoms. The summed E-state index contributed by atoms with van der Waals surface area (Å²) < 4.78 is 0. The van der Waals surface area contributed by atoms with Gasteiger partial charge in [0.2, 0.25) is 5.91 Å². The van der Waals surface area contributed by atoms with Crippen LogP contribution in [-0.4, -0.2) is 16.8 Å². The second-order valence-corrected chi connectivity index (χ2v) is 6.32. The molecule has 1 saturated carbocycles. The summed E-state index contributed by atoms with van der Waals surface area (Å²) in [6, 6.07) is 12.0. The summed E-state index contributed by atoms with van der Waals surface area (Å²) in [5.41, 5.74) is 2.06. The fraction of sp³-hybridized carbons (Fsp3) is 0.312. The zero-order valence-corrected chi connectivity index (χ0v) is 12.6. The van der Waals surface area contributed by atoms with Gasteiger partial charge in [0.15, 0.2) is 0 Å². The van der Waals surface area contributed by atoms with Crippen LogP contribution < -0.4 is 0 Å². The Balaban J connectivity index is 1.75. The van der Waals surface area contributed by atoms with Crippen molar-refractivity contribution in [1.82, 2.24) is 4.90 Å². The number of halogens is 1. The molecule has 20 heavy (non-hydrogen) atoms. The number of hydrogen-bond acceptors (Lipinski definition) is 2. The van der Waals surface area contributed by atoms with Gasteiger partial charge in [-0.05, 0) is 40.8 Å². The highest BCUT2D eigenvalue weighted by Crippen LogP contribution is 2.33. The molecule has 1 heterocycles. The number of thiophene rings is 1. The van der Waals surface area contributed by atoms with Gasteiger partial charge >= 0.3 is 0 Å². The number of carbonyl (C=O) groups is 1. The lowest BCUT2D eigenvalue weighted by molar-refractivity contribution is -0.132. The largest absolute Gasteiger partial charge is 0.334 e. The molecule has 1 aliphatic carbocycles. The molecule has 1 unspecified atom stereocenters. The Morgan fingerprint density at radius 2 is 2.05 bits per heavy atom. The van der Waals surface area contributed by atoms with E-state index in [0.29, 0.717) is 12.6 Å². The van der Waals surface area contributed by atoms with E-state index in [1.165, 1.54) is 5.56 Å². The second kappa shape index (κ2) is 5.98. The first kappa shape index (κ1) is 13.7. The van der Waals surface area contributed by atoms with Crippen molar-refractivity contribution >= 4 is 28.8 Å². The molecule has 0 aliphatic heterocycles. The van der Waals surface area contributed by atoms with Crippen LogP contribution in [0.25, 0.3) is 0 Å². The van der Waals surface area contributed by atoms with Gasteiger partial charge in [-0.15, -0.1) is 11.6 Å². The van der Waals surface area contributed by atoms with Crippen LogP contribution in [0.1, 0.15) is 29.3 Å². The summed E-state index contributed by atoms with van der Waals surface area (Å²) in [5, 5.41) is 3.55. The number of nitrogens with zero attached hydrogens (tertiary/aromatic N) is 1. The van der Waals surface area contributed by atoms with Crippen LogP contribution in [-0.2, 0) is 11.3 Å². The Labute approximate surface area is 128 Å². The van der Waals surface area contributed by atoms with Crippen LogP contribution in [0.15, 0.2) is 47.2 Å². The molecule has 0 bridgehead atoms. The van der Waals surface area contributed by atoms with Gasteiger partial charge < -0.3 is 4.90 Å². The summed E-state index contributed by atoms with van der Waals surface area (Å²) in [4.78, 5) is 14.6. The molecular weight excluding hydrogens is 290 g/mol. The Morgan fingerprint density at radius 1 is 1.30 bits per heavy atom. The standard InChI is InChI=1S/C16H16ClNOS/c17-15(13-4-2-1-3-5-13)16(19)18(14-6-7-14)10-12-8-9-20-11-12/h1-5,8-9,11,14-15H,6-7,10H2. The molecule has 3 rings (SSSR count). The van der Waals surface area contributed by atoms with Crippen molar-refractivity contribution in [2.24, 2.45) is 0 Å². The molecule has 0 radical (unpaired) electrons. The van der Waals surface area contributed by atoms with Gasteiger partial charge in [-0.2, -0.15) is 11.3 Å². The fourth-order valence-electron chi connectivity index (χ4n) is 2.26. The smallest absolute Gasteiger partial charge is 0.245 e. The van der Waals surface area contributed by atoms with Gasteiger partial charge in [0.1, 0.15) is 5.38 Å². The fourth-order valence-corrected chi connectivity index (χ4v) is 3.19. The predicted octanol–water partition coefficient (Wildman–Crippen LogP) is 4.22. The maximum atomic E-state index is 12.6. The minimum atomic E-state index is -0.588. The van der Waals surface area contributed by atoms with Crippen LogP contribution in [0, 0.1) is 0 Å². The topological polar surface area (TPSA) is 20.3 Å². The van der Waals surface area contributed by atoms with E-state index in [2.05, 4.69) is 11.4 Å². The number of alkyl halides is 1. The molecule has 2 nitrogen and oxygen atoms in total. The Hall–Kier alpha value is -1.32. The quantitative estimate of drug-likeness (QED) is 0.757. The van der Waals surface area contributed by atoms with Crippen LogP contribution in [0.5, 0.6) is 0 Å². The number of benzene rings is 1. The van der Waals surface area contributed by atoms with Crippen molar-refractivity contribution in [3.05, 3.63) is 58.3 Å². The molecule has 0 saturated heterocycles. The van der Waals surface area contributed by atoms with E-state index in [-0.39, 0.29) is 5.91 Å². The maximum absolute atomic E-state index is 12.6. The Morgan fingerprint density at radius 3 is 2.65 bits per heavy atom. The van der Waals surface area contributed by atoms with Gasteiger partial charge in [-0.25, -0.2) is 0 Å². The average molecular weight is 306 g/mol. The van der Waals surface area contributed by atoms with Gasteiger partial charge in [0.25, 0.3) is 0 Å². The third-order valence-corrected chi connectivity index (χ3v) is 4.68. The van der Waals surface area contributed by atoms with Crippen LogP contribution in [0.2, 0.25) is 0 Å². The lowest BCUT2D eigenvalue weighted by Crippen LogP contribution is -2.34. The van der Waals surface area contributed by atoms with Crippen molar-refractivity contribution in [2.75, 3.05) is 0 Å². The van der Waals surface area contributed by atoms with E-state index < -0.39 is 5.38 Å². The SMILES string of the molecule is O=C(C(Cl)c1ccccc1)N(Cc1ccsc1)C1CC1. The first-order valence-corrected chi connectivity index (χ1v) is 8.14. The van der Waals surface area contributed by atoms with Crippen molar-refractivity contribution in [3.63, 3.8) is 0 Å². The minimum absolute atomic E-state index is 0.0200. The second-order valence-electron chi connectivity index (χ2n) is 5.10. The van der Waals surface area contributed by atoms with Gasteiger partial charge in [-0.1, -0.05) is 30.3 Å². The van der Waals surface area contributed by atoms with Crippen molar-refractivity contribution in [2.45, 2.75) is 30.8 Å². The first-order valence-electron chi connectivity index (χ1n) is 6.76. The van der Waals surface area contributed by atoms with Crippen LogP contribution in [0.4, 0.5) is 0 Å². The zero-order valence-electron chi connectivity index (χ0n) is 11.0. The number of carbonyl (C=O) groups excluding carboxylic acids is 1. The van der Waals surface area contributed by atoms with Gasteiger partial charge in [-0.3, -0.25) is 4.79 Å². The zero-order chi connectivity index (χ0) is 13.9. The molecular formula is C16H16ClNOS. The van der Waals surface area contributed by atoms with E-state index in [0.717, 1.165) is 18.4 Å². The van der Waals surface area contributed by atoms with E-state index in [4.69, 9.17) is 11.6 Å². The highest BCUT2D eigenvalue weighted by atomic mass is 35.5. The summed E-state index contributed by atoms with van der Waals surface area (Å²) in [7, 11) is 0. The first-order chi connectivity index (χ1) is 9.75. The highest BCUT2D eigenvalue weighted by Gasteiger charge is 2.35. The van der Waals surface area contributed by atoms with E-state index in [1.54, 1.807) is 11.3 Å².